The number of aromatic nitrogens is 2. The van der Waals surface area contributed by atoms with Gasteiger partial charge in [-0.15, -0.1) is 12.3 Å². The van der Waals surface area contributed by atoms with Crippen LogP contribution in [0, 0.1) is 12.3 Å². The third-order valence-corrected chi connectivity index (χ3v) is 5.87. The van der Waals surface area contributed by atoms with E-state index in [0.717, 1.165) is 22.3 Å². The maximum Gasteiger partial charge on any atom is 0.407 e. The van der Waals surface area contributed by atoms with Crippen LogP contribution in [0.15, 0.2) is 61.1 Å². The topological polar surface area (TPSA) is 133 Å². The first-order valence-corrected chi connectivity index (χ1v) is 11.0. The number of alkyl carbamates (subject to hydrolysis) is 1. The van der Waals surface area contributed by atoms with E-state index in [9.17, 15) is 19.5 Å². The molecule has 0 bridgehead atoms. The van der Waals surface area contributed by atoms with Crippen molar-refractivity contribution in [2.75, 3.05) is 6.61 Å². The predicted molar refractivity (Wildman–Crippen MR) is 127 cm³/mol. The van der Waals surface area contributed by atoms with Crippen molar-refractivity contribution in [3.05, 3.63) is 77.9 Å². The van der Waals surface area contributed by atoms with Gasteiger partial charge in [-0.3, -0.25) is 4.79 Å². The summed E-state index contributed by atoms with van der Waals surface area (Å²) in [4.78, 5) is 43.6. The summed E-state index contributed by atoms with van der Waals surface area (Å²) in [5, 5.41) is 14.4. The number of imidazole rings is 1. The Morgan fingerprint density at radius 1 is 1.06 bits per heavy atom. The number of benzene rings is 2. The molecule has 2 atom stereocenters. The number of rotatable bonds is 9. The molecule has 2 amide bonds. The van der Waals surface area contributed by atoms with Crippen molar-refractivity contribution in [1.82, 2.24) is 20.6 Å². The van der Waals surface area contributed by atoms with Gasteiger partial charge in [0.05, 0.1) is 6.33 Å². The fourth-order valence-electron chi connectivity index (χ4n) is 4.20. The van der Waals surface area contributed by atoms with Crippen molar-refractivity contribution in [1.29, 1.82) is 0 Å². The molecular formula is C26H24N4O5. The number of fused-ring (bicyclic) bond motifs is 3. The molecule has 9 nitrogen and oxygen atoms in total. The van der Waals surface area contributed by atoms with Crippen LogP contribution in [0.2, 0.25) is 0 Å². The standard InChI is InChI=1S/C26H24N4O5/c1-2-7-22(24(31)29-23(25(32)33)12-16-13-27-15-28-16)30-26(34)35-14-21-19-10-5-3-8-17(19)18-9-4-6-11-20(18)21/h1,3-6,8-11,13,15,21-23H,7,12,14H2,(H,27,28)(H,29,31)(H,30,34)(H,32,33). The Morgan fingerprint density at radius 3 is 2.29 bits per heavy atom. The Morgan fingerprint density at radius 2 is 1.71 bits per heavy atom. The SMILES string of the molecule is C#CCC(NC(=O)OCC1c2ccccc2-c2ccccc21)C(=O)NC(Cc1cnc[nH]1)C(=O)O. The summed E-state index contributed by atoms with van der Waals surface area (Å²) < 4.78 is 5.48. The summed E-state index contributed by atoms with van der Waals surface area (Å²) in [7, 11) is 0. The minimum Gasteiger partial charge on any atom is -0.480 e. The smallest absolute Gasteiger partial charge is 0.407 e. The summed E-state index contributed by atoms with van der Waals surface area (Å²) in [5.41, 5.74) is 4.85. The van der Waals surface area contributed by atoms with Gasteiger partial charge in [-0.25, -0.2) is 14.6 Å². The Balaban J connectivity index is 1.39. The zero-order chi connectivity index (χ0) is 24.8. The van der Waals surface area contributed by atoms with Gasteiger partial charge in [-0.1, -0.05) is 48.5 Å². The van der Waals surface area contributed by atoms with Gasteiger partial charge >= 0.3 is 12.1 Å². The van der Waals surface area contributed by atoms with E-state index in [2.05, 4.69) is 26.5 Å². The molecule has 0 aliphatic heterocycles. The molecule has 4 N–H and O–H groups in total. The molecular weight excluding hydrogens is 448 g/mol. The van der Waals surface area contributed by atoms with Gasteiger partial charge in [0.25, 0.3) is 0 Å². The highest BCUT2D eigenvalue weighted by atomic mass is 16.5. The summed E-state index contributed by atoms with van der Waals surface area (Å²) >= 11 is 0. The maximum atomic E-state index is 12.7. The van der Waals surface area contributed by atoms with Crippen LogP contribution in [-0.2, 0) is 20.7 Å². The van der Waals surface area contributed by atoms with Gasteiger partial charge in [0.2, 0.25) is 5.91 Å². The van der Waals surface area contributed by atoms with Gasteiger partial charge in [-0.05, 0) is 22.3 Å². The highest BCUT2D eigenvalue weighted by Crippen LogP contribution is 2.44. The molecule has 1 aliphatic carbocycles. The number of carbonyl (C=O) groups is 3. The Kier molecular flexibility index (Phi) is 7.12. The van der Waals surface area contributed by atoms with Crippen LogP contribution in [0.5, 0.6) is 0 Å². The number of H-pyrrole nitrogens is 1. The molecule has 1 aliphatic rings. The molecule has 1 aromatic heterocycles. The van der Waals surface area contributed by atoms with E-state index < -0.39 is 30.1 Å². The van der Waals surface area contributed by atoms with Crippen molar-refractivity contribution in [3.8, 4) is 23.5 Å². The second kappa shape index (κ2) is 10.6. The number of aliphatic carboxylic acids is 1. The lowest BCUT2D eigenvalue weighted by Gasteiger charge is -2.20. The second-order valence-corrected chi connectivity index (χ2v) is 8.11. The van der Waals surface area contributed by atoms with Crippen molar-refractivity contribution < 1.29 is 24.2 Å². The van der Waals surface area contributed by atoms with Crippen LogP contribution in [0.3, 0.4) is 0 Å². The summed E-state index contributed by atoms with van der Waals surface area (Å²) in [6.45, 7) is 0.0713. The van der Waals surface area contributed by atoms with E-state index in [0.29, 0.717) is 5.69 Å². The summed E-state index contributed by atoms with van der Waals surface area (Å²) in [6, 6.07) is 13.5. The molecule has 0 spiro atoms. The van der Waals surface area contributed by atoms with Gasteiger partial charge in [-0.2, -0.15) is 0 Å². The first-order chi connectivity index (χ1) is 17.0. The third kappa shape index (κ3) is 5.33. The van der Waals surface area contributed by atoms with E-state index in [1.807, 2.05) is 48.5 Å². The molecule has 4 rings (SSSR count). The van der Waals surface area contributed by atoms with Crippen LogP contribution in [0.1, 0.15) is 29.2 Å². The normalized spacial score (nSPS) is 13.6. The zero-order valence-corrected chi connectivity index (χ0v) is 18.7. The van der Waals surface area contributed by atoms with E-state index >= 15 is 0 Å². The number of carboxylic acid groups (broad SMARTS) is 1. The minimum atomic E-state index is -1.23. The molecule has 2 aromatic carbocycles. The van der Waals surface area contributed by atoms with Crippen LogP contribution < -0.4 is 10.6 Å². The van der Waals surface area contributed by atoms with Crippen molar-refractivity contribution >= 4 is 18.0 Å². The zero-order valence-electron chi connectivity index (χ0n) is 18.7. The number of hydrogen-bond donors (Lipinski definition) is 4. The fourth-order valence-corrected chi connectivity index (χ4v) is 4.20. The van der Waals surface area contributed by atoms with E-state index in [-0.39, 0.29) is 25.4 Å². The minimum absolute atomic E-state index is 0.00517. The molecule has 0 radical (unpaired) electrons. The molecule has 0 saturated carbocycles. The number of carbonyl (C=O) groups excluding carboxylic acids is 2. The molecule has 178 valence electrons. The number of ether oxygens (including phenoxy) is 1. The third-order valence-electron chi connectivity index (χ3n) is 5.87. The van der Waals surface area contributed by atoms with Crippen molar-refractivity contribution in [2.45, 2.75) is 30.8 Å². The van der Waals surface area contributed by atoms with Crippen LogP contribution >= 0.6 is 0 Å². The highest BCUT2D eigenvalue weighted by Gasteiger charge is 2.30. The van der Waals surface area contributed by atoms with Gasteiger partial charge in [0.1, 0.15) is 18.7 Å². The Hall–Kier alpha value is -4.58. The Bertz CT molecular complexity index is 1220. The molecule has 0 saturated heterocycles. The maximum absolute atomic E-state index is 12.7. The number of carboxylic acids is 1. The lowest BCUT2D eigenvalue weighted by molar-refractivity contribution is -0.142. The number of amides is 2. The number of hydrogen-bond acceptors (Lipinski definition) is 5. The lowest BCUT2D eigenvalue weighted by Crippen LogP contribution is -2.52. The number of nitrogens with one attached hydrogen (secondary N) is 3. The quantitative estimate of drug-likeness (QED) is 0.354. The van der Waals surface area contributed by atoms with E-state index in [4.69, 9.17) is 11.2 Å². The van der Waals surface area contributed by atoms with Gasteiger partial charge < -0.3 is 25.5 Å². The summed E-state index contributed by atoms with van der Waals surface area (Å²) in [6.07, 6.45) is 7.30. The molecule has 9 heteroatoms. The first kappa shape index (κ1) is 23.6. The lowest BCUT2D eigenvalue weighted by atomic mass is 9.98. The molecule has 2 unspecified atom stereocenters. The van der Waals surface area contributed by atoms with E-state index in [1.165, 1.54) is 12.5 Å². The van der Waals surface area contributed by atoms with Gasteiger partial charge in [0, 0.05) is 30.7 Å². The average Bonchev–Trinajstić information content (AvgIpc) is 3.48. The van der Waals surface area contributed by atoms with Crippen molar-refractivity contribution in [2.24, 2.45) is 0 Å². The van der Waals surface area contributed by atoms with Gasteiger partial charge in [0.15, 0.2) is 0 Å². The fraction of sp³-hybridized carbons (Fsp3) is 0.231. The molecule has 1 heterocycles. The average molecular weight is 473 g/mol. The predicted octanol–water partition coefficient (Wildman–Crippen LogP) is 2.45. The van der Waals surface area contributed by atoms with E-state index in [1.54, 1.807) is 0 Å². The largest absolute Gasteiger partial charge is 0.480 e. The number of terminal acetylenes is 1. The monoisotopic (exact) mass is 472 g/mol. The first-order valence-electron chi connectivity index (χ1n) is 11.0. The molecule has 35 heavy (non-hydrogen) atoms. The second-order valence-electron chi connectivity index (χ2n) is 8.11. The number of aromatic amines is 1. The highest BCUT2D eigenvalue weighted by molar-refractivity contribution is 5.89. The molecule has 3 aromatic rings. The summed E-state index contributed by atoms with van der Waals surface area (Å²) in [5.74, 6) is 0.243. The van der Waals surface area contributed by atoms with Crippen LogP contribution in [0.4, 0.5) is 4.79 Å². The number of nitrogens with zero attached hydrogens (tertiary/aromatic N) is 1. The Labute approximate surface area is 201 Å². The van der Waals surface area contributed by atoms with Crippen LogP contribution in [-0.4, -0.2) is 51.7 Å². The van der Waals surface area contributed by atoms with Crippen molar-refractivity contribution in [3.63, 3.8) is 0 Å². The van der Waals surface area contributed by atoms with Crippen LogP contribution in [0.25, 0.3) is 11.1 Å². The molecule has 0 fully saturated rings.